The van der Waals surface area contributed by atoms with Crippen molar-refractivity contribution in [3.63, 3.8) is 0 Å². The summed E-state index contributed by atoms with van der Waals surface area (Å²) in [5, 5.41) is 7.31. The third-order valence-corrected chi connectivity index (χ3v) is 5.09. The van der Waals surface area contributed by atoms with Crippen LogP contribution in [0.3, 0.4) is 0 Å². The molecule has 5 heteroatoms. The molecule has 0 aromatic carbocycles. The number of ether oxygens (including phenoxy) is 1. The average molecular weight is 319 g/mol. The Balaban J connectivity index is 1.39. The number of nitrogens with one attached hydrogen (secondary N) is 1. The Kier molecular flexibility index (Phi) is 6.08. The van der Waals surface area contributed by atoms with E-state index in [1.54, 1.807) is 6.20 Å². The standard InChI is InChI=1S/C18H29N3O2/c22-18(10-9-15-6-2-1-3-7-15)20-16-12-19-21(13-16)14-17-8-4-5-11-23-17/h12-13,15,17H,1-11,14H2,(H,20,22). The minimum absolute atomic E-state index is 0.115. The van der Waals surface area contributed by atoms with Gasteiger partial charge >= 0.3 is 0 Å². The Hall–Kier alpha value is -1.36. The van der Waals surface area contributed by atoms with Crippen molar-refractivity contribution in [2.75, 3.05) is 11.9 Å². The average Bonchev–Trinajstić information content (AvgIpc) is 3.02. The highest BCUT2D eigenvalue weighted by molar-refractivity contribution is 5.90. The van der Waals surface area contributed by atoms with E-state index >= 15 is 0 Å². The van der Waals surface area contributed by atoms with Gasteiger partial charge in [0.05, 0.1) is 24.5 Å². The maximum absolute atomic E-state index is 12.1. The summed E-state index contributed by atoms with van der Waals surface area (Å²) in [6.07, 6.45) is 15.7. The van der Waals surface area contributed by atoms with Crippen LogP contribution >= 0.6 is 0 Å². The quantitative estimate of drug-likeness (QED) is 0.869. The second kappa shape index (κ2) is 8.48. The molecule has 1 aliphatic carbocycles. The van der Waals surface area contributed by atoms with Crippen LogP contribution in [0, 0.1) is 5.92 Å². The van der Waals surface area contributed by atoms with Crippen molar-refractivity contribution in [3.05, 3.63) is 12.4 Å². The fourth-order valence-electron chi connectivity index (χ4n) is 3.72. The summed E-state index contributed by atoms with van der Waals surface area (Å²) in [5.41, 5.74) is 0.800. The second-order valence-electron chi connectivity index (χ2n) is 7.03. The Morgan fingerprint density at radius 3 is 2.83 bits per heavy atom. The molecule has 2 heterocycles. The van der Waals surface area contributed by atoms with Crippen LogP contribution in [0.4, 0.5) is 5.69 Å². The number of hydrogen-bond acceptors (Lipinski definition) is 3. The number of hydrogen-bond donors (Lipinski definition) is 1. The summed E-state index contributed by atoms with van der Waals surface area (Å²) >= 11 is 0. The lowest BCUT2D eigenvalue weighted by Crippen LogP contribution is -2.24. The summed E-state index contributed by atoms with van der Waals surface area (Å²) in [4.78, 5) is 12.1. The van der Waals surface area contributed by atoms with Gasteiger partial charge in [-0.1, -0.05) is 32.1 Å². The van der Waals surface area contributed by atoms with E-state index in [4.69, 9.17) is 4.74 Å². The van der Waals surface area contributed by atoms with Gasteiger partial charge in [-0.15, -0.1) is 0 Å². The summed E-state index contributed by atoms with van der Waals surface area (Å²) in [5.74, 6) is 0.865. The van der Waals surface area contributed by atoms with E-state index in [2.05, 4.69) is 10.4 Å². The molecule has 1 aromatic rings. The SMILES string of the molecule is O=C(CCC1CCCCC1)Nc1cnn(CC2CCCCO2)c1. The van der Waals surface area contributed by atoms with Gasteiger partial charge in [0.25, 0.3) is 0 Å². The highest BCUT2D eigenvalue weighted by atomic mass is 16.5. The first kappa shape index (κ1) is 16.5. The number of carbonyl (C=O) groups is 1. The maximum Gasteiger partial charge on any atom is 0.224 e. The molecule has 23 heavy (non-hydrogen) atoms. The lowest BCUT2D eigenvalue weighted by molar-refractivity contribution is -0.116. The molecular weight excluding hydrogens is 290 g/mol. The van der Waals surface area contributed by atoms with E-state index in [9.17, 15) is 4.79 Å². The van der Waals surface area contributed by atoms with Crippen LogP contribution in [-0.4, -0.2) is 28.4 Å². The summed E-state index contributed by atoms with van der Waals surface area (Å²) in [6.45, 7) is 1.63. The van der Waals surface area contributed by atoms with Gasteiger partial charge in [0, 0.05) is 19.2 Å². The maximum atomic E-state index is 12.1. The van der Waals surface area contributed by atoms with Crippen molar-refractivity contribution in [3.8, 4) is 0 Å². The Labute approximate surface area is 138 Å². The van der Waals surface area contributed by atoms with Gasteiger partial charge in [-0.3, -0.25) is 9.48 Å². The van der Waals surface area contributed by atoms with Crippen molar-refractivity contribution in [2.24, 2.45) is 5.92 Å². The van der Waals surface area contributed by atoms with Crippen molar-refractivity contribution < 1.29 is 9.53 Å². The topological polar surface area (TPSA) is 56.2 Å². The van der Waals surface area contributed by atoms with E-state index in [1.807, 2.05) is 10.9 Å². The van der Waals surface area contributed by atoms with Gasteiger partial charge in [0.1, 0.15) is 0 Å². The van der Waals surface area contributed by atoms with Crippen molar-refractivity contribution in [1.29, 1.82) is 0 Å². The van der Waals surface area contributed by atoms with Gasteiger partial charge in [-0.2, -0.15) is 5.10 Å². The monoisotopic (exact) mass is 319 g/mol. The minimum Gasteiger partial charge on any atom is -0.376 e. The summed E-state index contributed by atoms with van der Waals surface area (Å²) in [6, 6.07) is 0. The molecule has 1 saturated heterocycles. The molecule has 0 bridgehead atoms. The van der Waals surface area contributed by atoms with Gasteiger partial charge in [0.15, 0.2) is 0 Å². The molecule has 3 rings (SSSR count). The van der Waals surface area contributed by atoms with Crippen LogP contribution in [0.5, 0.6) is 0 Å². The summed E-state index contributed by atoms with van der Waals surface area (Å²) in [7, 11) is 0. The van der Waals surface area contributed by atoms with E-state index in [1.165, 1.54) is 38.5 Å². The number of anilines is 1. The first-order valence-electron chi connectivity index (χ1n) is 9.23. The minimum atomic E-state index is 0.115. The Morgan fingerprint density at radius 1 is 1.22 bits per heavy atom. The zero-order valence-corrected chi connectivity index (χ0v) is 14.0. The smallest absolute Gasteiger partial charge is 0.224 e. The molecule has 1 unspecified atom stereocenters. The van der Waals surface area contributed by atoms with E-state index < -0.39 is 0 Å². The van der Waals surface area contributed by atoms with Gasteiger partial charge < -0.3 is 10.1 Å². The zero-order valence-electron chi connectivity index (χ0n) is 14.0. The van der Waals surface area contributed by atoms with Crippen LogP contribution in [-0.2, 0) is 16.1 Å². The molecule has 0 spiro atoms. The lowest BCUT2D eigenvalue weighted by Gasteiger charge is -2.22. The predicted octanol–water partition coefficient (Wildman–Crippen LogP) is 3.75. The highest BCUT2D eigenvalue weighted by Crippen LogP contribution is 2.27. The lowest BCUT2D eigenvalue weighted by atomic mass is 9.86. The fourth-order valence-corrected chi connectivity index (χ4v) is 3.72. The fraction of sp³-hybridized carbons (Fsp3) is 0.778. The molecule has 128 valence electrons. The number of rotatable bonds is 6. The number of carbonyl (C=O) groups excluding carboxylic acids is 1. The van der Waals surface area contributed by atoms with Crippen molar-refractivity contribution in [1.82, 2.24) is 9.78 Å². The zero-order chi connectivity index (χ0) is 15.9. The van der Waals surface area contributed by atoms with E-state index in [0.717, 1.165) is 44.0 Å². The molecule has 1 saturated carbocycles. The second-order valence-corrected chi connectivity index (χ2v) is 7.03. The van der Waals surface area contributed by atoms with Crippen molar-refractivity contribution in [2.45, 2.75) is 76.9 Å². The summed E-state index contributed by atoms with van der Waals surface area (Å²) < 4.78 is 7.61. The molecule has 1 aromatic heterocycles. The van der Waals surface area contributed by atoms with Gasteiger partial charge in [0.2, 0.25) is 5.91 Å². The normalized spacial score (nSPS) is 22.9. The molecular formula is C18H29N3O2. The van der Waals surface area contributed by atoms with Crippen LogP contribution in [0.1, 0.15) is 64.2 Å². The van der Waals surface area contributed by atoms with Gasteiger partial charge in [-0.25, -0.2) is 0 Å². The molecule has 2 fully saturated rings. The predicted molar refractivity (Wildman–Crippen MR) is 90.3 cm³/mol. The largest absolute Gasteiger partial charge is 0.376 e. The first-order valence-corrected chi connectivity index (χ1v) is 9.23. The molecule has 0 radical (unpaired) electrons. The Bertz CT molecular complexity index is 488. The molecule has 1 atom stereocenters. The van der Waals surface area contributed by atoms with E-state index in [-0.39, 0.29) is 12.0 Å². The van der Waals surface area contributed by atoms with Gasteiger partial charge in [-0.05, 0) is 31.6 Å². The number of aromatic nitrogens is 2. The molecule has 2 aliphatic rings. The Morgan fingerprint density at radius 2 is 2.04 bits per heavy atom. The van der Waals surface area contributed by atoms with Crippen LogP contribution in [0.15, 0.2) is 12.4 Å². The highest BCUT2D eigenvalue weighted by Gasteiger charge is 2.16. The van der Waals surface area contributed by atoms with Crippen LogP contribution in [0.25, 0.3) is 0 Å². The number of nitrogens with zero attached hydrogens (tertiary/aromatic N) is 2. The molecule has 1 N–H and O–H groups in total. The first-order chi connectivity index (χ1) is 11.3. The third-order valence-electron chi connectivity index (χ3n) is 5.09. The third kappa shape index (κ3) is 5.34. The van der Waals surface area contributed by atoms with Crippen molar-refractivity contribution >= 4 is 11.6 Å². The molecule has 1 amide bonds. The number of amides is 1. The van der Waals surface area contributed by atoms with Crippen LogP contribution < -0.4 is 5.32 Å². The molecule has 5 nitrogen and oxygen atoms in total. The van der Waals surface area contributed by atoms with E-state index in [0.29, 0.717) is 6.42 Å². The molecule has 1 aliphatic heterocycles. The van der Waals surface area contributed by atoms with Crippen LogP contribution in [0.2, 0.25) is 0 Å².